The van der Waals surface area contributed by atoms with Gasteiger partial charge in [0.1, 0.15) is 5.54 Å². The lowest BCUT2D eigenvalue weighted by Crippen LogP contribution is -2.47. The van der Waals surface area contributed by atoms with E-state index < -0.39 is 5.54 Å². The van der Waals surface area contributed by atoms with Crippen molar-refractivity contribution in [1.29, 1.82) is 5.26 Å². The average Bonchev–Trinajstić information content (AvgIpc) is 3.36. The van der Waals surface area contributed by atoms with Crippen molar-refractivity contribution in [2.24, 2.45) is 5.92 Å². The van der Waals surface area contributed by atoms with Crippen LogP contribution in [0.5, 0.6) is 0 Å². The van der Waals surface area contributed by atoms with Gasteiger partial charge in [-0.1, -0.05) is 41.3 Å². The summed E-state index contributed by atoms with van der Waals surface area (Å²) in [6.45, 7) is 1.79. The van der Waals surface area contributed by atoms with Crippen LogP contribution in [0.15, 0.2) is 34.7 Å². The first kappa shape index (κ1) is 16.7. The van der Waals surface area contributed by atoms with E-state index in [1.807, 2.05) is 30.3 Å². The molecule has 1 aliphatic carbocycles. The topological polar surface area (TPSA) is 90.7 Å². The fourth-order valence-corrected chi connectivity index (χ4v) is 3.87. The maximum atomic E-state index is 12.1. The first-order valence-corrected chi connectivity index (χ1v) is 9.40. The summed E-state index contributed by atoms with van der Waals surface area (Å²) < 4.78 is 0.716. The molecule has 1 aromatic carbocycles. The van der Waals surface area contributed by atoms with Gasteiger partial charge in [-0.2, -0.15) is 5.26 Å². The van der Waals surface area contributed by atoms with E-state index in [9.17, 15) is 10.1 Å². The highest BCUT2D eigenvalue weighted by Crippen LogP contribution is 2.39. The first-order valence-electron chi connectivity index (χ1n) is 7.60. The van der Waals surface area contributed by atoms with Crippen LogP contribution in [0, 0.1) is 17.2 Å². The Morgan fingerprint density at radius 3 is 2.83 bits per heavy atom. The Labute approximate surface area is 148 Å². The zero-order valence-electron chi connectivity index (χ0n) is 13.2. The smallest absolute Gasteiger partial charge is 0.231 e. The third-order valence-electron chi connectivity index (χ3n) is 3.78. The number of thioether (sulfide) groups is 1. The van der Waals surface area contributed by atoms with Gasteiger partial charge in [0.05, 0.1) is 11.8 Å². The van der Waals surface area contributed by atoms with Crippen LogP contribution in [0.1, 0.15) is 19.8 Å². The molecular weight excluding hydrogens is 342 g/mol. The standard InChI is InChI=1S/C16H17N5OS2/c1-16(10-17,11-7-8-11)19-13(22)9-23-15-21-20-14(24-15)18-12-5-3-2-4-6-12/h2-6,11H,7-9H2,1H3,(H,18,20)(H,19,22)/t16-/m0/s1. The van der Waals surface area contributed by atoms with Crippen molar-refractivity contribution < 1.29 is 4.79 Å². The molecule has 1 amide bonds. The van der Waals surface area contributed by atoms with Crippen LogP contribution >= 0.6 is 23.1 Å². The van der Waals surface area contributed by atoms with Crippen molar-refractivity contribution >= 4 is 39.8 Å². The van der Waals surface area contributed by atoms with Gasteiger partial charge in [-0.15, -0.1) is 10.2 Å². The fourth-order valence-electron chi connectivity index (χ4n) is 2.30. The second kappa shape index (κ2) is 7.20. The van der Waals surface area contributed by atoms with E-state index in [0.29, 0.717) is 9.47 Å². The Morgan fingerprint density at radius 1 is 1.42 bits per heavy atom. The molecule has 24 heavy (non-hydrogen) atoms. The zero-order chi connectivity index (χ0) is 17.0. The monoisotopic (exact) mass is 359 g/mol. The van der Waals surface area contributed by atoms with Crippen LogP contribution in [-0.4, -0.2) is 27.4 Å². The summed E-state index contributed by atoms with van der Waals surface area (Å²) in [4.78, 5) is 12.1. The van der Waals surface area contributed by atoms with Gasteiger partial charge in [0.2, 0.25) is 11.0 Å². The maximum Gasteiger partial charge on any atom is 0.231 e. The largest absolute Gasteiger partial charge is 0.337 e. The minimum atomic E-state index is -0.751. The number of nitrogens with one attached hydrogen (secondary N) is 2. The summed E-state index contributed by atoms with van der Waals surface area (Å²) in [5.74, 6) is 0.354. The molecule has 0 bridgehead atoms. The molecule has 124 valence electrons. The van der Waals surface area contributed by atoms with Crippen molar-refractivity contribution in [2.45, 2.75) is 29.6 Å². The normalized spacial score (nSPS) is 16.0. The molecule has 1 fully saturated rings. The van der Waals surface area contributed by atoms with E-state index in [1.54, 1.807) is 6.92 Å². The summed E-state index contributed by atoms with van der Waals surface area (Å²) in [5.41, 5.74) is 0.191. The van der Waals surface area contributed by atoms with Crippen molar-refractivity contribution in [3.8, 4) is 6.07 Å². The Balaban J connectivity index is 1.50. The van der Waals surface area contributed by atoms with Gasteiger partial charge >= 0.3 is 0 Å². The Morgan fingerprint density at radius 2 is 2.17 bits per heavy atom. The van der Waals surface area contributed by atoms with Crippen molar-refractivity contribution in [3.05, 3.63) is 30.3 Å². The first-order chi connectivity index (χ1) is 11.6. The summed E-state index contributed by atoms with van der Waals surface area (Å²) >= 11 is 2.72. The highest BCUT2D eigenvalue weighted by atomic mass is 32.2. The van der Waals surface area contributed by atoms with E-state index in [4.69, 9.17) is 0 Å². The molecule has 0 radical (unpaired) electrons. The second-order valence-corrected chi connectivity index (χ2v) is 7.99. The van der Waals surface area contributed by atoms with Crippen LogP contribution in [-0.2, 0) is 4.79 Å². The minimum Gasteiger partial charge on any atom is -0.337 e. The molecule has 0 spiro atoms. The molecular formula is C16H17N5OS2. The van der Waals surface area contributed by atoms with Crippen LogP contribution in [0.25, 0.3) is 0 Å². The SMILES string of the molecule is C[C@@](C#N)(NC(=O)CSc1nnc(Nc2ccccc2)s1)C1CC1. The lowest BCUT2D eigenvalue weighted by Gasteiger charge is -2.22. The number of hydrogen-bond donors (Lipinski definition) is 2. The summed E-state index contributed by atoms with van der Waals surface area (Å²) in [7, 11) is 0. The van der Waals surface area contributed by atoms with Crippen LogP contribution in [0.2, 0.25) is 0 Å². The number of nitrogens with zero attached hydrogens (tertiary/aromatic N) is 3. The number of nitriles is 1. The fraction of sp³-hybridized carbons (Fsp3) is 0.375. The van der Waals surface area contributed by atoms with Gasteiger partial charge in [0.25, 0.3) is 0 Å². The van der Waals surface area contributed by atoms with E-state index >= 15 is 0 Å². The molecule has 2 aromatic rings. The number of para-hydroxylation sites is 1. The quantitative estimate of drug-likeness (QED) is 0.738. The Hall–Kier alpha value is -2.11. The second-order valence-electron chi connectivity index (χ2n) is 5.79. The average molecular weight is 359 g/mol. The number of rotatable bonds is 7. The number of aromatic nitrogens is 2. The predicted molar refractivity (Wildman–Crippen MR) is 95.2 cm³/mol. The third-order valence-corrected chi connectivity index (χ3v) is 5.76. The molecule has 6 nitrogen and oxygen atoms in total. The highest BCUT2D eigenvalue weighted by Gasteiger charge is 2.42. The van der Waals surface area contributed by atoms with Gasteiger partial charge in [0, 0.05) is 5.69 Å². The molecule has 1 aromatic heterocycles. The molecule has 1 atom stereocenters. The van der Waals surface area contributed by atoms with E-state index in [1.165, 1.54) is 23.1 Å². The summed E-state index contributed by atoms with van der Waals surface area (Å²) in [6.07, 6.45) is 2.00. The maximum absolute atomic E-state index is 12.1. The number of amides is 1. The summed E-state index contributed by atoms with van der Waals surface area (Å²) in [5, 5.41) is 24.1. The lowest BCUT2D eigenvalue weighted by atomic mass is 9.98. The van der Waals surface area contributed by atoms with Crippen LogP contribution < -0.4 is 10.6 Å². The number of hydrogen-bond acceptors (Lipinski definition) is 7. The van der Waals surface area contributed by atoms with Crippen LogP contribution in [0.4, 0.5) is 10.8 Å². The minimum absolute atomic E-state index is 0.149. The number of carbonyl (C=O) groups is 1. The van der Waals surface area contributed by atoms with Crippen molar-refractivity contribution in [3.63, 3.8) is 0 Å². The van der Waals surface area contributed by atoms with E-state index in [2.05, 4.69) is 26.9 Å². The molecule has 3 rings (SSSR count). The molecule has 2 N–H and O–H groups in total. The van der Waals surface area contributed by atoms with Gasteiger partial charge < -0.3 is 10.6 Å². The van der Waals surface area contributed by atoms with Crippen LogP contribution in [0.3, 0.4) is 0 Å². The molecule has 0 unspecified atom stereocenters. The number of anilines is 2. The molecule has 0 saturated heterocycles. The molecule has 8 heteroatoms. The molecule has 1 heterocycles. The predicted octanol–water partition coefficient (Wildman–Crippen LogP) is 3.18. The molecule has 0 aliphatic heterocycles. The van der Waals surface area contributed by atoms with Gasteiger partial charge in [-0.25, -0.2) is 0 Å². The Bertz CT molecular complexity index is 753. The van der Waals surface area contributed by atoms with E-state index in [0.717, 1.165) is 18.5 Å². The number of carbonyl (C=O) groups excluding carboxylic acids is 1. The van der Waals surface area contributed by atoms with Crippen molar-refractivity contribution in [2.75, 3.05) is 11.1 Å². The Kier molecular flexibility index (Phi) is 5.02. The van der Waals surface area contributed by atoms with E-state index in [-0.39, 0.29) is 17.6 Å². The zero-order valence-corrected chi connectivity index (χ0v) is 14.8. The molecule has 1 aliphatic rings. The van der Waals surface area contributed by atoms with Gasteiger partial charge in [-0.3, -0.25) is 4.79 Å². The highest BCUT2D eigenvalue weighted by molar-refractivity contribution is 8.01. The summed E-state index contributed by atoms with van der Waals surface area (Å²) in [6, 6.07) is 11.9. The van der Waals surface area contributed by atoms with Crippen molar-refractivity contribution in [1.82, 2.24) is 15.5 Å². The lowest BCUT2D eigenvalue weighted by molar-refractivity contribution is -0.119. The van der Waals surface area contributed by atoms with Gasteiger partial charge in [0.15, 0.2) is 4.34 Å². The van der Waals surface area contributed by atoms with Gasteiger partial charge in [-0.05, 0) is 37.8 Å². The molecule has 1 saturated carbocycles. The third kappa shape index (κ3) is 4.24. The number of benzene rings is 1.